The lowest BCUT2D eigenvalue weighted by Crippen LogP contribution is -2.51. The summed E-state index contributed by atoms with van der Waals surface area (Å²) in [5.74, 6) is 1.30. The van der Waals surface area contributed by atoms with E-state index in [9.17, 15) is 9.59 Å². The number of nitrogens with one attached hydrogen (secondary N) is 1. The maximum Gasteiger partial charge on any atom is 0.317 e. The summed E-state index contributed by atoms with van der Waals surface area (Å²) in [5.41, 5.74) is 0. The molecule has 1 heterocycles. The maximum absolute atomic E-state index is 12.2. The molecule has 1 saturated heterocycles. The smallest absolute Gasteiger partial charge is 0.317 e. The molecule has 6 heteroatoms. The number of rotatable bonds is 7. The number of urea groups is 1. The van der Waals surface area contributed by atoms with E-state index < -0.39 is 5.97 Å². The van der Waals surface area contributed by atoms with E-state index >= 15 is 0 Å². The van der Waals surface area contributed by atoms with Crippen LogP contribution in [0.4, 0.5) is 4.79 Å². The van der Waals surface area contributed by atoms with Gasteiger partial charge in [-0.25, -0.2) is 4.79 Å². The fourth-order valence-electron chi connectivity index (χ4n) is 2.45. The molecule has 0 saturated carbocycles. The van der Waals surface area contributed by atoms with Crippen LogP contribution < -0.4 is 5.32 Å². The van der Waals surface area contributed by atoms with E-state index in [2.05, 4.69) is 12.2 Å². The molecule has 2 unspecified atom stereocenters. The number of hydrogen-bond donors (Lipinski definition) is 2. The molecule has 2 amide bonds. The van der Waals surface area contributed by atoms with Crippen molar-refractivity contribution in [1.82, 2.24) is 10.2 Å². The van der Waals surface area contributed by atoms with Gasteiger partial charge in [-0.05, 0) is 44.1 Å². The first-order valence-corrected chi connectivity index (χ1v) is 8.56. The van der Waals surface area contributed by atoms with Gasteiger partial charge in [0.15, 0.2) is 0 Å². The fraction of sp³-hybridized carbons (Fsp3) is 0.857. The van der Waals surface area contributed by atoms with Crippen molar-refractivity contribution in [1.29, 1.82) is 0 Å². The van der Waals surface area contributed by atoms with Gasteiger partial charge in [-0.3, -0.25) is 4.79 Å². The summed E-state index contributed by atoms with van der Waals surface area (Å²) >= 11 is 1.87. The number of likely N-dealkylation sites (tertiary alicyclic amines) is 1. The average Bonchev–Trinajstić information content (AvgIpc) is 2.38. The quantitative estimate of drug-likeness (QED) is 0.709. The van der Waals surface area contributed by atoms with Crippen molar-refractivity contribution in [2.45, 2.75) is 58.0 Å². The molecule has 0 aromatic carbocycles. The predicted octanol–water partition coefficient (Wildman–Crippen LogP) is 2.56. The number of nitrogens with zero attached hydrogens (tertiary/aromatic N) is 1. The monoisotopic (exact) mass is 302 g/mol. The summed E-state index contributed by atoms with van der Waals surface area (Å²) in [6.07, 6.45) is 3.75. The Morgan fingerprint density at radius 1 is 1.45 bits per heavy atom. The van der Waals surface area contributed by atoms with Crippen molar-refractivity contribution in [3.05, 3.63) is 0 Å². The molecule has 1 aliphatic heterocycles. The highest BCUT2D eigenvalue weighted by atomic mass is 32.2. The fourth-order valence-corrected chi connectivity index (χ4v) is 3.26. The largest absolute Gasteiger partial charge is 0.481 e. The van der Waals surface area contributed by atoms with E-state index in [1.165, 1.54) is 0 Å². The minimum atomic E-state index is -0.831. The Morgan fingerprint density at radius 3 is 2.85 bits per heavy atom. The minimum absolute atomic E-state index is 0.0491. The van der Waals surface area contributed by atoms with Crippen molar-refractivity contribution in [2.24, 2.45) is 0 Å². The van der Waals surface area contributed by atoms with Crippen LogP contribution in [0.15, 0.2) is 0 Å². The van der Waals surface area contributed by atoms with E-state index in [4.69, 9.17) is 5.11 Å². The molecule has 1 rings (SSSR count). The Kier molecular flexibility index (Phi) is 7.80. The van der Waals surface area contributed by atoms with Crippen LogP contribution in [-0.2, 0) is 4.79 Å². The molecule has 5 nitrogen and oxygen atoms in total. The van der Waals surface area contributed by atoms with Gasteiger partial charge in [0.2, 0.25) is 0 Å². The summed E-state index contributed by atoms with van der Waals surface area (Å²) in [6.45, 7) is 4.79. The number of carbonyl (C=O) groups is 2. The van der Waals surface area contributed by atoms with Gasteiger partial charge in [0.05, 0.1) is 6.42 Å². The Labute approximate surface area is 125 Å². The lowest BCUT2D eigenvalue weighted by Gasteiger charge is -2.35. The molecular weight excluding hydrogens is 276 g/mol. The van der Waals surface area contributed by atoms with Gasteiger partial charge in [0, 0.05) is 18.6 Å². The van der Waals surface area contributed by atoms with Crippen LogP contribution in [-0.4, -0.2) is 52.1 Å². The number of piperidine rings is 1. The zero-order valence-electron chi connectivity index (χ0n) is 12.4. The van der Waals surface area contributed by atoms with Gasteiger partial charge in [-0.15, -0.1) is 0 Å². The highest BCUT2D eigenvalue weighted by Gasteiger charge is 2.28. The van der Waals surface area contributed by atoms with Crippen molar-refractivity contribution in [3.8, 4) is 0 Å². The van der Waals surface area contributed by atoms with E-state index in [1.54, 1.807) is 4.90 Å². The van der Waals surface area contributed by atoms with Crippen molar-refractivity contribution < 1.29 is 14.7 Å². The Hall–Kier alpha value is -0.910. The van der Waals surface area contributed by atoms with E-state index in [-0.39, 0.29) is 24.5 Å². The number of aliphatic carboxylic acids is 1. The minimum Gasteiger partial charge on any atom is -0.481 e. The summed E-state index contributed by atoms with van der Waals surface area (Å²) in [6, 6.07) is -0.127. The molecule has 0 aliphatic carbocycles. The highest BCUT2D eigenvalue weighted by molar-refractivity contribution is 7.99. The third kappa shape index (κ3) is 6.03. The van der Waals surface area contributed by atoms with E-state index in [0.29, 0.717) is 6.54 Å². The highest BCUT2D eigenvalue weighted by Crippen LogP contribution is 2.20. The number of carboxylic acids is 1. The molecule has 2 atom stereocenters. The predicted molar refractivity (Wildman–Crippen MR) is 82.2 cm³/mol. The number of carbonyl (C=O) groups excluding carboxylic acids is 1. The second-order valence-corrected chi connectivity index (χ2v) is 6.67. The van der Waals surface area contributed by atoms with E-state index in [1.807, 2.05) is 18.7 Å². The molecule has 2 N–H and O–H groups in total. The van der Waals surface area contributed by atoms with Crippen LogP contribution >= 0.6 is 11.8 Å². The van der Waals surface area contributed by atoms with Crippen LogP contribution in [0.5, 0.6) is 0 Å². The Balaban J connectivity index is 2.44. The summed E-state index contributed by atoms with van der Waals surface area (Å²) < 4.78 is 0. The third-order valence-electron chi connectivity index (χ3n) is 3.57. The lowest BCUT2D eigenvalue weighted by molar-refractivity contribution is -0.138. The third-order valence-corrected chi connectivity index (χ3v) is 4.50. The Morgan fingerprint density at radius 2 is 2.20 bits per heavy atom. The van der Waals surface area contributed by atoms with Gasteiger partial charge in [0.1, 0.15) is 0 Å². The number of carboxylic acid groups (broad SMARTS) is 1. The lowest BCUT2D eigenvalue weighted by atomic mass is 10.00. The molecule has 1 fully saturated rings. The summed E-state index contributed by atoms with van der Waals surface area (Å²) in [7, 11) is 0. The first-order valence-electron chi connectivity index (χ1n) is 7.41. The molecule has 20 heavy (non-hydrogen) atoms. The zero-order chi connectivity index (χ0) is 15.0. The topological polar surface area (TPSA) is 69.6 Å². The van der Waals surface area contributed by atoms with Gasteiger partial charge in [-0.2, -0.15) is 11.8 Å². The second kappa shape index (κ2) is 9.10. The first kappa shape index (κ1) is 17.1. The summed E-state index contributed by atoms with van der Waals surface area (Å²) in [4.78, 5) is 24.8. The molecule has 0 bridgehead atoms. The van der Waals surface area contributed by atoms with Crippen LogP contribution in [0.25, 0.3) is 0 Å². The molecule has 0 spiro atoms. The van der Waals surface area contributed by atoms with E-state index in [0.717, 1.165) is 37.2 Å². The molecule has 0 aromatic rings. The molecule has 1 aliphatic rings. The molecule has 0 aromatic heterocycles. The van der Waals surface area contributed by atoms with Crippen molar-refractivity contribution in [2.75, 3.05) is 18.1 Å². The van der Waals surface area contributed by atoms with Crippen molar-refractivity contribution >= 4 is 23.8 Å². The van der Waals surface area contributed by atoms with Gasteiger partial charge < -0.3 is 15.3 Å². The van der Waals surface area contributed by atoms with Crippen molar-refractivity contribution in [3.63, 3.8) is 0 Å². The molecule has 116 valence electrons. The van der Waals surface area contributed by atoms with Crippen LogP contribution in [0.3, 0.4) is 0 Å². The maximum atomic E-state index is 12.2. The first-order chi connectivity index (χ1) is 9.54. The van der Waals surface area contributed by atoms with Gasteiger partial charge >= 0.3 is 12.0 Å². The number of hydrogen-bond acceptors (Lipinski definition) is 3. The Bertz CT molecular complexity index is 326. The number of amides is 2. The standard InChI is InChI=1S/C14H26N2O3S/c1-3-20-9-7-11(2)15-14(19)16-8-5-4-6-12(16)10-13(17)18/h11-12H,3-10H2,1-2H3,(H,15,19)(H,17,18). The van der Waals surface area contributed by atoms with Crippen LogP contribution in [0.1, 0.15) is 46.0 Å². The van der Waals surface area contributed by atoms with Crippen LogP contribution in [0.2, 0.25) is 0 Å². The summed E-state index contributed by atoms with van der Waals surface area (Å²) in [5, 5.41) is 11.9. The average molecular weight is 302 g/mol. The second-order valence-electron chi connectivity index (χ2n) is 5.28. The van der Waals surface area contributed by atoms with Gasteiger partial charge in [0.25, 0.3) is 0 Å². The van der Waals surface area contributed by atoms with Crippen LogP contribution in [0, 0.1) is 0 Å². The van der Waals surface area contributed by atoms with Gasteiger partial charge in [-0.1, -0.05) is 6.92 Å². The number of thioether (sulfide) groups is 1. The molecule has 0 radical (unpaired) electrons. The normalized spacial score (nSPS) is 20.5. The molecular formula is C14H26N2O3S. The SMILES string of the molecule is CCSCCC(C)NC(=O)N1CCCCC1CC(=O)O. The zero-order valence-corrected chi connectivity index (χ0v) is 13.2.